The molecule has 3 rings (SSSR count). The highest BCUT2D eigenvalue weighted by Crippen LogP contribution is 2.44. The van der Waals surface area contributed by atoms with Crippen molar-refractivity contribution in [2.45, 2.75) is 18.8 Å². The average molecular weight is 240 g/mol. The Kier molecular flexibility index (Phi) is 2.71. The smallest absolute Gasteiger partial charge is 0.150 e. The standard InChI is InChI=1S/C16H13FO/c17-14-7-8-15(16(9-14)13-5-6-13)12-3-1-11(10-18)2-4-12/h1-4,7-10,13H,5-6H2. The molecule has 0 heterocycles. The molecule has 0 atom stereocenters. The molecule has 2 heteroatoms. The maximum atomic E-state index is 13.3. The number of halogens is 1. The van der Waals surface area contributed by atoms with E-state index in [2.05, 4.69) is 0 Å². The van der Waals surface area contributed by atoms with Gasteiger partial charge in [0.1, 0.15) is 12.1 Å². The van der Waals surface area contributed by atoms with E-state index >= 15 is 0 Å². The van der Waals surface area contributed by atoms with Crippen molar-refractivity contribution in [3.05, 3.63) is 59.4 Å². The Bertz CT molecular complexity index is 583. The van der Waals surface area contributed by atoms with Gasteiger partial charge in [-0.25, -0.2) is 4.39 Å². The zero-order valence-electron chi connectivity index (χ0n) is 9.90. The Morgan fingerprint density at radius 1 is 1.06 bits per heavy atom. The van der Waals surface area contributed by atoms with Crippen molar-refractivity contribution >= 4 is 6.29 Å². The van der Waals surface area contributed by atoms with E-state index in [9.17, 15) is 9.18 Å². The Hall–Kier alpha value is -1.96. The van der Waals surface area contributed by atoms with E-state index in [1.165, 1.54) is 6.07 Å². The Morgan fingerprint density at radius 2 is 1.78 bits per heavy atom. The Balaban J connectivity index is 2.06. The number of carbonyl (C=O) groups is 1. The first-order chi connectivity index (χ1) is 8.78. The van der Waals surface area contributed by atoms with Crippen LogP contribution in [0.25, 0.3) is 11.1 Å². The van der Waals surface area contributed by atoms with Gasteiger partial charge in [0.25, 0.3) is 0 Å². The van der Waals surface area contributed by atoms with Gasteiger partial charge in [0.2, 0.25) is 0 Å². The van der Waals surface area contributed by atoms with Gasteiger partial charge in [-0.3, -0.25) is 4.79 Å². The molecular formula is C16H13FO. The van der Waals surface area contributed by atoms with Crippen molar-refractivity contribution in [1.29, 1.82) is 0 Å². The van der Waals surface area contributed by atoms with Crippen molar-refractivity contribution < 1.29 is 9.18 Å². The molecule has 0 aromatic heterocycles. The molecule has 18 heavy (non-hydrogen) atoms. The maximum absolute atomic E-state index is 13.3. The van der Waals surface area contributed by atoms with Crippen molar-refractivity contribution in [3.63, 3.8) is 0 Å². The molecule has 90 valence electrons. The van der Waals surface area contributed by atoms with Gasteiger partial charge >= 0.3 is 0 Å². The van der Waals surface area contributed by atoms with Gasteiger partial charge in [-0.1, -0.05) is 30.3 Å². The minimum absolute atomic E-state index is 0.176. The van der Waals surface area contributed by atoms with Crippen molar-refractivity contribution in [2.24, 2.45) is 0 Å². The lowest BCUT2D eigenvalue weighted by Crippen LogP contribution is -1.90. The molecule has 0 N–H and O–H groups in total. The molecule has 1 aliphatic carbocycles. The zero-order chi connectivity index (χ0) is 12.5. The molecule has 0 spiro atoms. The summed E-state index contributed by atoms with van der Waals surface area (Å²) in [5, 5.41) is 0. The first-order valence-corrected chi connectivity index (χ1v) is 6.13. The highest BCUT2D eigenvalue weighted by Gasteiger charge is 2.26. The van der Waals surface area contributed by atoms with Crippen LogP contribution in [0.2, 0.25) is 0 Å². The molecule has 1 aliphatic rings. The fourth-order valence-corrected chi connectivity index (χ4v) is 2.27. The summed E-state index contributed by atoms with van der Waals surface area (Å²) >= 11 is 0. The van der Waals surface area contributed by atoms with Crippen LogP contribution in [0.4, 0.5) is 4.39 Å². The van der Waals surface area contributed by atoms with Crippen molar-refractivity contribution in [2.75, 3.05) is 0 Å². The number of rotatable bonds is 3. The summed E-state index contributed by atoms with van der Waals surface area (Å²) in [5.74, 6) is 0.326. The van der Waals surface area contributed by atoms with Crippen LogP contribution in [0, 0.1) is 5.82 Å². The molecule has 0 amide bonds. The van der Waals surface area contributed by atoms with Gasteiger partial charge in [0, 0.05) is 5.56 Å². The van der Waals surface area contributed by atoms with E-state index in [4.69, 9.17) is 0 Å². The summed E-state index contributed by atoms with van der Waals surface area (Å²) < 4.78 is 13.3. The van der Waals surface area contributed by atoms with Crippen LogP contribution in [0.3, 0.4) is 0 Å². The summed E-state index contributed by atoms with van der Waals surface area (Å²) in [6, 6.07) is 12.4. The van der Waals surface area contributed by atoms with Crippen LogP contribution in [0.5, 0.6) is 0 Å². The van der Waals surface area contributed by atoms with Gasteiger partial charge in [0.05, 0.1) is 0 Å². The third-order valence-corrected chi connectivity index (χ3v) is 3.39. The normalized spacial score (nSPS) is 14.5. The van der Waals surface area contributed by atoms with Crippen LogP contribution in [0.1, 0.15) is 34.7 Å². The van der Waals surface area contributed by atoms with Crippen LogP contribution in [-0.4, -0.2) is 6.29 Å². The third kappa shape index (κ3) is 2.06. The maximum Gasteiger partial charge on any atom is 0.150 e. The van der Waals surface area contributed by atoms with Gasteiger partial charge in [-0.05, 0) is 47.6 Å². The number of aldehydes is 1. The molecule has 0 bridgehead atoms. The monoisotopic (exact) mass is 240 g/mol. The molecule has 0 aliphatic heterocycles. The molecule has 1 saturated carbocycles. The van der Waals surface area contributed by atoms with Crippen LogP contribution in [0.15, 0.2) is 42.5 Å². The summed E-state index contributed by atoms with van der Waals surface area (Å²) in [6.45, 7) is 0. The zero-order valence-corrected chi connectivity index (χ0v) is 9.90. The highest BCUT2D eigenvalue weighted by molar-refractivity contribution is 5.77. The second kappa shape index (κ2) is 4.37. The lowest BCUT2D eigenvalue weighted by atomic mass is 9.96. The van der Waals surface area contributed by atoms with E-state index in [0.717, 1.165) is 35.8 Å². The molecule has 2 aromatic rings. The van der Waals surface area contributed by atoms with Gasteiger partial charge in [-0.15, -0.1) is 0 Å². The first-order valence-electron chi connectivity index (χ1n) is 6.13. The van der Waals surface area contributed by atoms with E-state index in [-0.39, 0.29) is 5.82 Å². The fraction of sp³-hybridized carbons (Fsp3) is 0.188. The van der Waals surface area contributed by atoms with Gasteiger partial charge < -0.3 is 0 Å². The van der Waals surface area contributed by atoms with Gasteiger partial charge in [0.15, 0.2) is 0 Å². The number of benzene rings is 2. The molecular weight excluding hydrogens is 227 g/mol. The second-order valence-electron chi connectivity index (χ2n) is 4.75. The second-order valence-corrected chi connectivity index (χ2v) is 4.75. The topological polar surface area (TPSA) is 17.1 Å². The Labute approximate surface area is 105 Å². The predicted octanol–water partition coefficient (Wildman–Crippen LogP) is 4.18. The van der Waals surface area contributed by atoms with E-state index in [1.807, 2.05) is 18.2 Å². The number of hydrogen-bond acceptors (Lipinski definition) is 1. The molecule has 0 saturated heterocycles. The largest absolute Gasteiger partial charge is 0.298 e. The lowest BCUT2D eigenvalue weighted by molar-refractivity contribution is 0.112. The fourth-order valence-electron chi connectivity index (χ4n) is 2.27. The SMILES string of the molecule is O=Cc1ccc(-c2ccc(F)cc2C2CC2)cc1. The molecule has 1 nitrogen and oxygen atoms in total. The molecule has 1 fully saturated rings. The predicted molar refractivity (Wildman–Crippen MR) is 69.2 cm³/mol. The number of carbonyl (C=O) groups excluding carboxylic acids is 1. The van der Waals surface area contributed by atoms with Gasteiger partial charge in [-0.2, -0.15) is 0 Å². The minimum atomic E-state index is -0.176. The summed E-state index contributed by atoms with van der Waals surface area (Å²) in [6.07, 6.45) is 3.11. The van der Waals surface area contributed by atoms with Crippen LogP contribution >= 0.6 is 0 Å². The molecule has 2 aromatic carbocycles. The first kappa shape index (κ1) is 11.1. The van der Waals surface area contributed by atoms with E-state index in [1.54, 1.807) is 18.2 Å². The van der Waals surface area contributed by atoms with Crippen molar-refractivity contribution in [1.82, 2.24) is 0 Å². The minimum Gasteiger partial charge on any atom is -0.298 e. The molecule has 0 unspecified atom stereocenters. The van der Waals surface area contributed by atoms with Crippen molar-refractivity contribution in [3.8, 4) is 11.1 Å². The van der Waals surface area contributed by atoms with Crippen LogP contribution < -0.4 is 0 Å². The lowest BCUT2D eigenvalue weighted by Gasteiger charge is -2.09. The average Bonchev–Trinajstić information content (AvgIpc) is 3.23. The summed E-state index contributed by atoms with van der Waals surface area (Å²) in [4.78, 5) is 10.6. The summed E-state index contributed by atoms with van der Waals surface area (Å²) in [7, 11) is 0. The molecule has 0 radical (unpaired) electrons. The van der Waals surface area contributed by atoms with E-state index < -0.39 is 0 Å². The quantitative estimate of drug-likeness (QED) is 0.735. The van der Waals surface area contributed by atoms with E-state index in [0.29, 0.717) is 11.5 Å². The summed E-state index contributed by atoms with van der Waals surface area (Å²) in [5.41, 5.74) is 3.88. The van der Waals surface area contributed by atoms with Crippen LogP contribution in [-0.2, 0) is 0 Å². The number of hydrogen-bond donors (Lipinski definition) is 0. The Morgan fingerprint density at radius 3 is 2.39 bits per heavy atom. The third-order valence-electron chi connectivity index (χ3n) is 3.39. The highest BCUT2D eigenvalue weighted by atomic mass is 19.1.